The first kappa shape index (κ1) is 21.7. The van der Waals surface area contributed by atoms with E-state index in [1.165, 1.54) is 31.3 Å². The normalized spacial score (nSPS) is 19.0. The highest BCUT2D eigenvalue weighted by Crippen LogP contribution is 2.46. The molecular formula is C25H26FN7O2. The van der Waals surface area contributed by atoms with Gasteiger partial charge in [0.15, 0.2) is 0 Å². The Bertz CT molecular complexity index is 1430. The van der Waals surface area contributed by atoms with Gasteiger partial charge in [-0.15, -0.1) is 0 Å². The van der Waals surface area contributed by atoms with Crippen LogP contribution in [0.2, 0.25) is 0 Å². The first-order chi connectivity index (χ1) is 17.1. The Morgan fingerprint density at radius 3 is 2.80 bits per heavy atom. The molecule has 3 heterocycles. The fourth-order valence-corrected chi connectivity index (χ4v) is 4.80. The van der Waals surface area contributed by atoms with Gasteiger partial charge in [0.25, 0.3) is 5.56 Å². The van der Waals surface area contributed by atoms with Gasteiger partial charge in [-0.05, 0) is 55.6 Å². The second-order valence-corrected chi connectivity index (χ2v) is 9.15. The summed E-state index contributed by atoms with van der Waals surface area (Å²) in [6.45, 7) is 1.61. The Hall–Kier alpha value is -3.79. The van der Waals surface area contributed by atoms with Gasteiger partial charge in [0, 0.05) is 24.2 Å². The number of halogens is 1. The van der Waals surface area contributed by atoms with Crippen LogP contribution in [0.4, 0.5) is 10.1 Å². The van der Waals surface area contributed by atoms with Crippen LogP contribution in [-0.4, -0.2) is 44.2 Å². The minimum atomic E-state index is -0.488. The number of aromatic amines is 1. The molecule has 6 rings (SSSR count). The molecule has 0 spiro atoms. The van der Waals surface area contributed by atoms with Gasteiger partial charge >= 0.3 is 0 Å². The van der Waals surface area contributed by atoms with E-state index in [1.807, 2.05) is 31.3 Å². The molecule has 0 amide bonds. The van der Waals surface area contributed by atoms with Crippen molar-refractivity contribution in [3.63, 3.8) is 0 Å². The first-order valence-electron chi connectivity index (χ1n) is 11.9. The highest BCUT2D eigenvalue weighted by Gasteiger charge is 2.37. The molecule has 1 saturated carbocycles. The van der Waals surface area contributed by atoms with Crippen molar-refractivity contribution in [2.75, 3.05) is 18.5 Å². The SMILES string of the molecule is Cn1ncnc1[C@H]1c2n[nH]c(=O)c3cc(F)cc(c23)N[C@@H]1c1ccc(OCCCNC2CC2)cc1. The Morgan fingerprint density at radius 1 is 1.23 bits per heavy atom. The first-order valence-corrected chi connectivity index (χ1v) is 11.9. The van der Waals surface area contributed by atoms with Crippen molar-refractivity contribution >= 4 is 16.5 Å². The Labute approximate surface area is 200 Å². The van der Waals surface area contributed by atoms with Gasteiger partial charge in [0.2, 0.25) is 0 Å². The smallest absolute Gasteiger partial charge is 0.272 e. The molecule has 35 heavy (non-hydrogen) atoms. The van der Waals surface area contributed by atoms with Gasteiger partial charge in [0.05, 0.1) is 29.6 Å². The second kappa shape index (κ2) is 8.77. The van der Waals surface area contributed by atoms with E-state index in [9.17, 15) is 9.18 Å². The lowest BCUT2D eigenvalue weighted by Crippen LogP contribution is -2.30. The lowest BCUT2D eigenvalue weighted by Gasteiger charge is -2.33. The maximum absolute atomic E-state index is 14.4. The minimum Gasteiger partial charge on any atom is -0.494 e. The number of hydrogen-bond acceptors (Lipinski definition) is 7. The summed E-state index contributed by atoms with van der Waals surface area (Å²) >= 11 is 0. The third-order valence-corrected chi connectivity index (χ3v) is 6.68. The van der Waals surface area contributed by atoms with E-state index < -0.39 is 11.4 Å². The van der Waals surface area contributed by atoms with Gasteiger partial charge in [-0.25, -0.2) is 14.5 Å². The molecule has 0 unspecified atom stereocenters. The zero-order chi connectivity index (χ0) is 23.9. The largest absolute Gasteiger partial charge is 0.494 e. The molecule has 1 fully saturated rings. The summed E-state index contributed by atoms with van der Waals surface area (Å²) in [5.74, 6) is 0.627. The van der Waals surface area contributed by atoms with Gasteiger partial charge in [0.1, 0.15) is 23.7 Å². The van der Waals surface area contributed by atoms with Crippen LogP contribution in [0.5, 0.6) is 5.75 Å². The Morgan fingerprint density at radius 2 is 2.06 bits per heavy atom. The molecule has 2 atom stereocenters. The van der Waals surface area contributed by atoms with Crippen molar-refractivity contribution in [1.29, 1.82) is 0 Å². The fraction of sp³-hybridized carbons (Fsp3) is 0.360. The zero-order valence-corrected chi connectivity index (χ0v) is 19.3. The number of aryl methyl sites for hydroxylation is 1. The maximum atomic E-state index is 14.4. The minimum absolute atomic E-state index is 0.253. The van der Waals surface area contributed by atoms with E-state index in [1.54, 1.807) is 4.68 Å². The molecule has 0 bridgehead atoms. The van der Waals surface area contributed by atoms with Crippen molar-refractivity contribution in [2.45, 2.75) is 37.3 Å². The van der Waals surface area contributed by atoms with Crippen LogP contribution in [-0.2, 0) is 7.05 Å². The number of nitrogens with one attached hydrogen (secondary N) is 3. The van der Waals surface area contributed by atoms with Crippen LogP contribution in [0.1, 0.15) is 48.3 Å². The van der Waals surface area contributed by atoms with Crippen LogP contribution in [0, 0.1) is 5.82 Å². The van der Waals surface area contributed by atoms with Crippen molar-refractivity contribution < 1.29 is 9.13 Å². The second-order valence-electron chi connectivity index (χ2n) is 9.15. The average molecular weight is 476 g/mol. The molecule has 2 aromatic carbocycles. The van der Waals surface area contributed by atoms with Gasteiger partial charge in [-0.3, -0.25) is 9.48 Å². The predicted octanol–water partition coefficient (Wildman–Crippen LogP) is 3.01. The predicted molar refractivity (Wildman–Crippen MR) is 129 cm³/mol. The van der Waals surface area contributed by atoms with E-state index in [-0.39, 0.29) is 17.3 Å². The van der Waals surface area contributed by atoms with Gasteiger partial charge in [-0.2, -0.15) is 10.2 Å². The van der Waals surface area contributed by atoms with Crippen LogP contribution in [0.25, 0.3) is 10.8 Å². The van der Waals surface area contributed by atoms with Gasteiger partial charge < -0.3 is 15.4 Å². The summed E-state index contributed by atoms with van der Waals surface area (Å²) in [5.41, 5.74) is 1.67. The molecule has 1 aliphatic carbocycles. The molecule has 2 aliphatic rings. The summed E-state index contributed by atoms with van der Waals surface area (Å²) in [5, 5.41) is 19.0. The van der Waals surface area contributed by atoms with E-state index in [2.05, 4.69) is 30.9 Å². The molecule has 2 aromatic heterocycles. The Balaban J connectivity index is 1.32. The van der Waals surface area contributed by atoms with Crippen molar-refractivity contribution in [1.82, 2.24) is 30.3 Å². The third-order valence-electron chi connectivity index (χ3n) is 6.68. The average Bonchev–Trinajstić information content (AvgIpc) is 3.59. The summed E-state index contributed by atoms with van der Waals surface area (Å²) in [7, 11) is 1.82. The zero-order valence-electron chi connectivity index (χ0n) is 19.3. The monoisotopic (exact) mass is 475 g/mol. The number of benzene rings is 2. The van der Waals surface area contributed by atoms with E-state index in [4.69, 9.17) is 4.74 Å². The molecular weight excluding hydrogens is 449 g/mol. The number of hydrogen-bond donors (Lipinski definition) is 3. The molecule has 0 saturated heterocycles. The number of ether oxygens (including phenoxy) is 1. The Kier molecular flexibility index (Phi) is 5.44. The summed E-state index contributed by atoms with van der Waals surface area (Å²) in [6.07, 6.45) is 5.01. The lowest BCUT2D eigenvalue weighted by atomic mass is 9.83. The van der Waals surface area contributed by atoms with Crippen LogP contribution < -0.4 is 20.9 Å². The van der Waals surface area contributed by atoms with E-state index >= 15 is 0 Å². The molecule has 1 aliphatic heterocycles. The standard InChI is InChI=1S/C25H26FN7O2/c1-33-24(28-13-29-33)21-22(14-3-7-17(8-4-14)35-10-2-9-27-16-5-6-16)30-19-12-15(26)11-18-20(19)23(21)31-32-25(18)34/h3-4,7-8,11-13,16,21-22,27,30H,2,5-6,9-10H2,1H3,(H,32,34)/t21-,22-/m1/s1. The van der Waals surface area contributed by atoms with Crippen molar-refractivity contribution in [3.8, 4) is 5.75 Å². The topological polar surface area (TPSA) is 110 Å². The molecule has 10 heteroatoms. The van der Waals surface area contributed by atoms with Crippen LogP contribution >= 0.6 is 0 Å². The van der Waals surface area contributed by atoms with E-state index in [0.29, 0.717) is 35.2 Å². The molecule has 180 valence electrons. The number of anilines is 1. The molecule has 4 aromatic rings. The number of rotatable bonds is 8. The molecule has 3 N–H and O–H groups in total. The summed E-state index contributed by atoms with van der Waals surface area (Å²) in [6, 6.07) is 10.9. The van der Waals surface area contributed by atoms with Crippen LogP contribution in [0.15, 0.2) is 47.5 Å². The van der Waals surface area contributed by atoms with Crippen molar-refractivity contribution in [3.05, 3.63) is 76.0 Å². The quantitative estimate of drug-likeness (QED) is 0.336. The number of H-pyrrole nitrogens is 1. The van der Waals surface area contributed by atoms with Gasteiger partial charge in [-0.1, -0.05) is 12.1 Å². The number of aromatic nitrogens is 5. The highest BCUT2D eigenvalue weighted by atomic mass is 19.1. The van der Waals surface area contributed by atoms with Crippen molar-refractivity contribution in [2.24, 2.45) is 7.05 Å². The fourth-order valence-electron chi connectivity index (χ4n) is 4.80. The van der Waals surface area contributed by atoms with E-state index in [0.717, 1.165) is 24.3 Å². The molecule has 9 nitrogen and oxygen atoms in total. The summed E-state index contributed by atoms with van der Waals surface area (Å²) < 4.78 is 22.0. The molecule has 0 radical (unpaired) electrons. The maximum Gasteiger partial charge on any atom is 0.272 e. The third kappa shape index (κ3) is 4.14. The lowest BCUT2D eigenvalue weighted by molar-refractivity contribution is 0.308. The summed E-state index contributed by atoms with van der Waals surface area (Å²) in [4.78, 5) is 16.9. The highest BCUT2D eigenvalue weighted by molar-refractivity contribution is 5.97. The number of nitrogens with zero attached hydrogens (tertiary/aromatic N) is 4. The van der Waals surface area contributed by atoms with Crippen LogP contribution in [0.3, 0.4) is 0 Å².